The summed E-state index contributed by atoms with van der Waals surface area (Å²) in [6, 6.07) is 3.46. The Hall–Kier alpha value is -1.78. The van der Waals surface area contributed by atoms with Gasteiger partial charge < -0.3 is 15.2 Å². The van der Waals surface area contributed by atoms with Crippen LogP contribution < -0.4 is 10.5 Å². The molecule has 0 bridgehead atoms. The first-order chi connectivity index (χ1) is 8.13. The van der Waals surface area contributed by atoms with Gasteiger partial charge in [0.05, 0.1) is 6.61 Å². The molecule has 1 heterocycles. The van der Waals surface area contributed by atoms with Gasteiger partial charge in [-0.25, -0.2) is 9.78 Å². The van der Waals surface area contributed by atoms with Gasteiger partial charge in [0.2, 0.25) is 0 Å². The number of esters is 1. The second-order valence-corrected chi connectivity index (χ2v) is 3.70. The summed E-state index contributed by atoms with van der Waals surface area (Å²) >= 11 is 0. The third-order valence-electron chi connectivity index (χ3n) is 2.13. The summed E-state index contributed by atoms with van der Waals surface area (Å²) < 4.78 is 10.2. The van der Waals surface area contributed by atoms with Crippen molar-refractivity contribution in [2.45, 2.75) is 26.7 Å². The van der Waals surface area contributed by atoms with Gasteiger partial charge in [-0.15, -0.1) is 0 Å². The number of unbranched alkanes of at least 4 members (excludes halogenated alkanes) is 1. The number of rotatable bonds is 6. The topological polar surface area (TPSA) is 74.4 Å². The molecule has 0 aliphatic carbocycles. The predicted molar refractivity (Wildman–Crippen MR) is 64.7 cm³/mol. The largest absolute Gasteiger partial charge is 0.478 e. The molecule has 0 aliphatic rings. The van der Waals surface area contributed by atoms with E-state index in [1.807, 2.05) is 13.8 Å². The molecule has 5 nitrogen and oxygen atoms in total. The maximum absolute atomic E-state index is 11.3. The fourth-order valence-electron chi connectivity index (χ4n) is 1.19. The predicted octanol–water partition coefficient (Wildman–Crippen LogP) is 1.69. The Kier molecular flexibility index (Phi) is 5.26. The smallest absolute Gasteiger partial charge is 0.344 e. The van der Waals surface area contributed by atoms with Crippen LogP contribution in [-0.4, -0.2) is 24.2 Å². The third kappa shape index (κ3) is 4.72. The van der Waals surface area contributed by atoms with E-state index in [4.69, 9.17) is 15.2 Å². The van der Waals surface area contributed by atoms with Gasteiger partial charge in [0.15, 0.2) is 18.2 Å². The van der Waals surface area contributed by atoms with Crippen molar-refractivity contribution in [3.8, 4) is 5.75 Å². The van der Waals surface area contributed by atoms with E-state index in [1.54, 1.807) is 12.1 Å². The summed E-state index contributed by atoms with van der Waals surface area (Å²) in [7, 11) is 0. The van der Waals surface area contributed by atoms with E-state index in [9.17, 15) is 4.79 Å². The van der Waals surface area contributed by atoms with E-state index in [0.29, 0.717) is 12.4 Å². The SMILES string of the molecule is CCCCOC(=O)COc1ccc(C)nc1N. The lowest BCUT2D eigenvalue weighted by Crippen LogP contribution is -2.16. The van der Waals surface area contributed by atoms with E-state index in [-0.39, 0.29) is 12.4 Å². The highest BCUT2D eigenvalue weighted by molar-refractivity contribution is 5.71. The van der Waals surface area contributed by atoms with Crippen molar-refractivity contribution in [3.05, 3.63) is 17.8 Å². The molecular weight excluding hydrogens is 220 g/mol. The Morgan fingerprint density at radius 3 is 2.88 bits per heavy atom. The van der Waals surface area contributed by atoms with Gasteiger partial charge in [-0.3, -0.25) is 0 Å². The van der Waals surface area contributed by atoms with Gasteiger partial charge in [-0.2, -0.15) is 0 Å². The molecule has 94 valence electrons. The molecule has 5 heteroatoms. The first kappa shape index (κ1) is 13.3. The van der Waals surface area contributed by atoms with E-state index >= 15 is 0 Å². The van der Waals surface area contributed by atoms with Crippen LogP contribution in [0.25, 0.3) is 0 Å². The number of hydrogen-bond donors (Lipinski definition) is 1. The molecule has 0 saturated heterocycles. The zero-order valence-corrected chi connectivity index (χ0v) is 10.2. The van der Waals surface area contributed by atoms with E-state index in [2.05, 4.69) is 4.98 Å². The van der Waals surface area contributed by atoms with Gasteiger partial charge in [0, 0.05) is 5.69 Å². The normalized spacial score (nSPS) is 10.0. The standard InChI is InChI=1S/C12H18N2O3/c1-3-4-7-16-11(15)8-17-10-6-5-9(2)14-12(10)13/h5-6H,3-4,7-8H2,1-2H3,(H2,13,14). The molecule has 0 radical (unpaired) electrons. The van der Waals surface area contributed by atoms with Crippen LogP contribution in [0.3, 0.4) is 0 Å². The van der Waals surface area contributed by atoms with Crippen LogP contribution in [0.2, 0.25) is 0 Å². The van der Waals surface area contributed by atoms with Crippen LogP contribution in [0, 0.1) is 6.92 Å². The highest BCUT2D eigenvalue weighted by atomic mass is 16.6. The number of aromatic nitrogens is 1. The Balaban J connectivity index is 2.37. The van der Waals surface area contributed by atoms with Crippen LogP contribution in [-0.2, 0) is 9.53 Å². The maximum atomic E-state index is 11.3. The molecule has 0 aromatic carbocycles. The molecule has 0 saturated carbocycles. The summed E-state index contributed by atoms with van der Waals surface area (Å²) in [6.07, 6.45) is 1.85. The molecule has 0 spiro atoms. The average molecular weight is 238 g/mol. The van der Waals surface area contributed by atoms with Gasteiger partial charge >= 0.3 is 5.97 Å². The first-order valence-corrected chi connectivity index (χ1v) is 5.65. The molecule has 1 aromatic rings. The lowest BCUT2D eigenvalue weighted by Gasteiger charge is -2.08. The van der Waals surface area contributed by atoms with Gasteiger partial charge in [0.1, 0.15) is 0 Å². The minimum atomic E-state index is -0.390. The fourth-order valence-corrected chi connectivity index (χ4v) is 1.19. The summed E-state index contributed by atoms with van der Waals surface area (Å²) in [6.45, 7) is 4.15. The molecule has 0 unspecified atom stereocenters. The van der Waals surface area contributed by atoms with Crippen LogP contribution in [0.15, 0.2) is 12.1 Å². The number of carbonyl (C=O) groups is 1. The number of hydrogen-bond acceptors (Lipinski definition) is 5. The Bertz CT molecular complexity index is 380. The van der Waals surface area contributed by atoms with Crippen LogP contribution in [0.5, 0.6) is 5.75 Å². The van der Waals surface area contributed by atoms with Gasteiger partial charge in [0.25, 0.3) is 0 Å². The number of aryl methyl sites for hydroxylation is 1. The molecule has 0 fully saturated rings. The molecule has 0 amide bonds. The van der Waals surface area contributed by atoms with Crippen molar-refractivity contribution in [3.63, 3.8) is 0 Å². The minimum Gasteiger partial charge on any atom is -0.478 e. The summed E-state index contributed by atoms with van der Waals surface area (Å²) in [5.74, 6) is 0.299. The number of nitrogens with zero attached hydrogens (tertiary/aromatic N) is 1. The molecule has 2 N–H and O–H groups in total. The highest BCUT2D eigenvalue weighted by Crippen LogP contribution is 2.18. The van der Waals surface area contributed by atoms with Gasteiger partial charge in [-0.05, 0) is 25.5 Å². The molecule has 0 atom stereocenters. The van der Waals surface area contributed by atoms with E-state index in [0.717, 1.165) is 18.5 Å². The zero-order valence-electron chi connectivity index (χ0n) is 10.2. The number of nitrogens with two attached hydrogens (primary N) is 1. The Morgan fingerprint density at radius 2 is 2.24 bits per heavy atom. The Labute approximate surface area is 101 Å². The molecule has 17 heavy (non-hydrogen) atoms. The lowest BCUT2D eigenvalue weighted by atomic mass is 10.3. The molecular formula is C12H18N2O3. The van der Waals surface area contributed by atoms with Crippen LogP contribution in [0.1, 0.15) is 25.5 Å². The quantitative estimate of drug-likeness (QED) is 0.603. The molecule has 1 rings (SSSR count). The maximum Gasteiger partial charge on any atom is 0.344 e. The van der Waals surface area contributed by atoms with Crippen molar-refractivity contribution < 1.29 is 14.3 Å². The van der Waals surface area contributed by atoms with Crippen molar-refractivity contribution in [1.82, 2.24) is 4.98 Å². The van der Waals surface area contributed by atoms with Crippen molar-refractivity contribution in [2.75, 3.05) is 18.9 Å². The second kappa shape index (κ2) is 6.73. The third-order valence-corrected chi connectivity index (χ3v) is 2.13. The number of nitrogen functional groups attached to an aromatic ring is 1. The number of anilines is 1. The highest BCUT2D eigenvalue weighted by Gasteiger charge is 2.07. The second-order valence-electron chi connectivity index (χ2n) is 3.70. The van der Waals surface area contributed by atoms with Crippen molar-refractivity contribution >= 4 is 11.8 Å². The monoisotopic (exact) mass is 238 g/mol. The average Bonchev–Trinajstić information content (AvgIpc) is 2.28. The summed E-state index contributed by atoms with van der Waals surface area (Å²) in [4.78, 5) is 15.3. The number of carbonyl (C=O) groups excluding carboxylic acids is 1. The first-order valence-electron chi connectivity index (χ1n) is 5.65. The van der Waals surface area contributed by atoms with Gasteiger partial charge in [-0.1, -0.05) is 13.3 Å². The summed E-state index contributed by atoms with van der Waals surface area (Å²) in [5, 5.41) is 0. The Morgan fingerprint density at radius 1 is 1.47 bits per heavy atom. The lowest BCUT2D eigenvalue weighted by molar-refractivity contribution is -0.146. The van der Waals surface area contributed by atoms with Crippen LogP contribution in [0.4, 0.5) is 5.82 Å². The zero-order chi connectivity index (χ0) is 12.7. The van der Waals surface area contributed by atoms with Crippen LogP contribution >= 0.6 is 0 Å². The minimum absolute atomic E-state index is 0.140. The van der Waals surface area contributed by atoms with E-state index in [1.165, 1.54) is 0 Å². The fraction of sp³-hybridized carbons (Fsp3) is 0.500. The molecule has 1 aromatic heterocycles. The van der Waals surface area contributed by atoms with E-state index < -0.39 is 5.97 Å². The van der Waals surface area contributed by atoms with Crippen molar-refractivity contribution in [1.29, 1.82) is 0 Å². The van der Waals surface area contributed by atoms with Crippen molar-refractivity contribution in [2.24, 2.45) is 0 Å². The number of ether oxygens (including phenoxy) is 2. The summed E-state index contributed by atoms with van der Waals surface area (Å²) in [5.41, 5.74) is 6.45. The molecule has 0 aliphatic heterocycles. The number of pyridine rings is 1.